The number of rotatable bonds is 2. The number of hydrogen-bond acceptors (Lipinski definition) is 2. The van der Waals surface area contributed by atoms with Crippen molar-refractivity contribution in [3.8, 4) is 0 Å². The van der Waals surface area contributed by atoms with E-state index < -0.39 is 0 Å². The predicted octanol–water partition coefficient (Wildman–Crippen LogP) is 5.52. The second kappa shape index (κ2) is 4.58. The van der Waals surface area contributed by atoms with Crippen LogP contribution in [-0.2, 0) is 0 Å². The van der Waals surface area contributed by atoms with Crippen LogP contribution in [0.3, 0.4) is 0 Å². The molecule has 0 fully saturated rings. The van der Waals surface area contributed by atoms with Crippen LogP contribution in [-0.4, -0.2) is 0 Å². The molecule has 0 saturated carbocycles. The summed E-state index contributed by atoms with van der Waals surface area (Å²) in [6.45, 7) is 4.19. The summed E-state index contributed by atoms with van der Waals surface area (Å²) in [7, 11) is 0. The molecule has 0 bridgehead atoms. The fraction of sp³-hybridized carbons (Fsp3) is 0.273. The van der Waals surface area contributed by atoms with Crippen LogP contribution in [0.15, 0.2) is 21.3 Å². The molecule has 0 aliphatic carbocycles. The topological polar surface area (TPSA) is 0 Å². The summed E-state index contributed by atoms with van der Waals surface area (Å²) in [6.07, 6.45) is 0. The minimum atomic E-state index is -0.00931. The van der Waals surface area contributed by atoms with Gasteiger partial charge in [0.1, 0.15) is 0 Å². The first kappa shape index (κ1) is 11.6. The van der Waals surface area contributed by atoms with Crippen molar-refractivity contribution in [1.29, 1.82) is 0 Å². The highest BCUT2D eigenvalue weighted by atomic mass is 79.9. The lowest BCUT2D eigenvalue weighted by molar-refractivity contribution is 1.19. The minimum absolute atomic E-state index is 0.00931. The van der Waals surface area contributed by atoms with E-state index in [4.69, 9.17) is 11.6 Å². The molecule has 2 aromatic heterocycles. The van der Waals surface area contributed by atoms with Crippen molar-refractivity contribution in [2.45, 2.75) is 19.2 Å². The van der Waals surface area contributed by atoms with E-state index in [-0.39, 0.29) is 5.38 Å². The third kappa shape index (κ3) is 2.47. The number of alkyl halides is 1. The molecule has 0 amide bonds. The summed E-state index contributed by atoms with van der Waals surface area (Å²) in [5.41, 5.74) is 2.46. The van der Waals surface area contributed by atoms with Gasteiger partial charge in [-0.25, -0.2) is 0 Å². The van der Waals surface area contributed by atoms with E-state index >= 15 is 0 Å². The molecule has 0 aliphatic rings. The van der Waals surface area contributed by atoms with Gasteiger partial charge in [0, 0.05) is 9.75 Å². The fourth-order valence-electron chi connectivity index (χ4n) is 1.37. The molecular weight excluding hydrogens is 312 g/mol. The highest BCUT2D eigenvalue weighted by Gasteiger charge is 2.15. The molecule has 2 aromatic rings. The molecule has 0 saturated heterocycles. The highest BCUT2D eigenvalue weighted by Crippen LogP contribution is 2.38. The Morgan fingerprint density at radius 2 is 2.07 bits per heavy atom. The van der Waals surface area contributed by atoms with Crippen LogP contribution in [0.5, 0.6) is 0 Å². The molecule has 0 N–H and O–H groups in total. The summed E-state index contributed by atoms with van der Waals surface area (Å²) in [5.74, 6) is 0. The van der Waals surface area contributed by atoms with Crippen LogP contribution in [0.2, 0.25) is 0 Å². The molecule has 0 aromatic carbocycles. The fourth-order valence-corrected chi connectivity index (χ4v) is 4.07. The first-order valence-electron chi connectivity index (χ1n) is 4.53. The molecule has 2 heterocycles. The summed E-state index contributed by atoms with van der Waals surface area (Å²) < 4.78 is 1.18. The first-order valence-corrected chi connectivity index (χ1v) is 7.45. The van der Waals surface area contributed by atoms with Crippen molar-refractivity contribution in [1.82, 2.24) is 0 Å². The van der Waals surface area contributed by atoms with Crippen LogP contribution < -0.4 is 0 Å². The summed E-state index contributed by atoms with van der Waals surface area (Å²) in [5, 5.41) is 2.13. The maximum Gasteiger partial charge on any atom is 0.0936 e. The van der Waals surface area contributed by atoms with Gasteiger partial charge in [0.05, 0.1) is 9.16 Å². The van der Waals surface area contributed by atoms with Crippen molar-refractivity contribution < 1.29 is 0 Å². The maximum absolute atomic E-state index is 6.43. The molecule has 2 rings (SSSR count). The predicted molar refractivity (Wildman–Crippen MR) is 73.5 cm³/mol. The smallest absolute Gasteiger partial charge is 0.0936 e. The molecule has 1 unspecified atom stereocenters. The Morgan fingerprint density at radius 1 is 1.33 bits per heavy atom. The Labute approximate surface area is 111 Å². The Bertz CT molecular complexity index is 453. The highest BCUT2D eigenvalue weighted by molar-refractivity contribution is 9.11. The quantitative estimate of drug-likeness (QED) is 0.639. The molecule has 0 nitrogen and oxygen atoms in total. The second-order valence-electron chi connectivity index (χ2n) is 3.46. The van der Waals surface area contributed by atoms with Crippen molar-refractivity contribution in [2.24, 2.45) is 0 Å². The van der Waals surface area contributed by atoms with Gasteiger partial charge in [-0.2, -0.15) is 0 Å². The molecule has 0 aliphatic heterocycles. The lowest BCUT2D eigenvalue weighted by Crippen LogP contribution is -1.86. The van der Waals surface area contributed by atoms with E-state index in [0.717, 1.165) is 0 Å². The zero-order valence-corrected chi connectivity index (χ0v) is 12.4. The van der Waals surface area contributed by atoms with Crippen LogP contribution in [0.1, 0.15) is 26.3 Å². The average molecular weight is 322 g/mol. The van der Waals surface area contributed by atoms with Gasteiger partial charge >= 0.3 is 0 Å². The summed E-state index contributed by atoms with van der Waals surface area (Å²) >= 11 is 13.4. The zero-order chi connectivity index (χ0) is 11.0. The monoisotopic (exact) mass is 320 g/mol. The van der Waals surface area contributed by atoms with Gasteiger partial charge in [-0.15, -0.1) is 34.3 Å². The van der Waals surface area contributed by atoms with Crippen LogP contribution in [0.25, 0.3) is 0 Å². The van der Waals surface area contributed by atoms with Crippen LogP contribution in [0.4, 0.5) is 0 Å². The standard InChI is InChI=1S/C11H10BrClS2/c1-6-3-9(15-11(6)12)10(13)8-4-7(2)14-5-8/h3-5,10H,1-2H3. The second-order valence-corrected chi connectivity index (χ2v) is 7.41. The molecule has 80 valence electrons. The van der Waals surface area contributed by atoms with Crippen molar-refractivity contribution in [3.63, 3.8) is 0 Å². The van der Waals surface area contributed by atoms with Gasteiger partial charge < -0.3 is 0 Å². The minimum Gasteiger partial charge on any atom is -0.149 e. The van der Waals surface area contributed by atoms with Gasteiger partial charge in [-0.3, -0.25) is 0 Å². The Kier molecular flexibility index (Phi) is 3.56. The van der Waals surface area contributed by atoms with E-state index in [0.29, 0.717) is 0 Å². The van der Waals surface area contributed by atoms with Gasteiger partial charge in [-0.05, 0) is 58.4 Å². The van der Waals surface area contributed by atoms with E-state index in [1.165, 1.54) is 24.7 Å². The summed E-state index contributed by atoms with van der Waals surface area (Å²) in [6, 6.07) is 4.31. The number of halogens is 2. The number of hydrogen-bond donors (Lipinski definition) is 0. The maximum atomic E-state index is 6.43. The SMILES string of the molecule is Cc1cc(C(Cl)c2cc(C)c(Br)s2)cs1. The first-order chi connectivity index (χ1) is 7.08. The zero-order valence-electron chi connectivity index (χ0n) is 8.38. The molecule has 15 heavy (non-hydrogen) atoms. The van der Waals surface area contributed by atoms with Crippen LogP contribution >= 0.6 is 50.2 Å². The van der Waals surface area contributed by atoms with E-state index in [2.05, 4.69) is 47.3 Å². The van der Waals surface area contributed by atoms with Gasteiger partial charge in [0.25, 0.3) is 0 Å². The largest absolute Gasteiger partial charge is 0.149 e. The van der Waals surface area contributed by atoms with E-state index in [9.17, 15) is 0 Å². The molecule has 1 atom stereocenters. The average Bonchev–Trinajstić information content (AvgIpc) is 2.74. The third-order valence-electron chi connectivity index (χ3n) is 2.17. The lowest BCUT2D eigenvalue weighted by atomic mass is 10.2. The Hall–Kier alpha value is 0.170. The Balaban J connectivity index is 2.31. The number of thiophene rings is 2. The van der Waals surface area contributed by atoms with Gasteiger partial charge in [0.15, 0.2) is 0 Å². The summed E-state index contributed by atoms with van der Waals surface area (Å²) in [4.78, 5) is 2.52. The van der Waals surface area contributed by atoms with Crippen molar-refractivity contribution >= 4 is 50.2 Å². The molecule has 0 spiro atoms. The number of aryl methyl sites for hydroxylation is 2. The molecular formula is C11H10BrClS2. The Morgan fingerprint density at radius 3 is 2.53 bits per heavy atom. The molecule has 4 heteroatoms. The molecule has 0 radical (unpaired) electrons. The van der Waals surface area contributed by atoms with Crippen LogP contribution in [0, 0.1) is 13.8 Å². The third-order valence-corrected chi connectivity index (χ3v) is 5.87. The van der Waals surface area contributed by atoms with E-state index in [1.807, 2.05) is 0 Å². The van der Waals surface area contributed by atoms with Crippen molar-refractivity contribution in [3.05, 3.63) is 42.2 Å². The normalized spacial score (nSPS) is 13.1. The lowest BCUT2D eigenvalue weighted by Gasteiger charge is -2.03. The van der Waals surface area contributed by atoms with Gasteiger partial charge in [-0.1, -0.05) is 0 Å². The van der Waals surface area contributed by atoms with Crippen molar-refractivity contribution in [2.75, 3.05) is 0 Å². The van der Waals surface area contributed by atoms with Gasteiger partial charge in [0.2, 0.25) is 0 Å². The van der Waals surface area contributed by atoms with E-state index in [1.54, 1.807) is 22.7 Å².